The van der Waals surface area contributed by atoms with Gasteiger partial charge in [0.1, 0.15) is 0 Å². The van der Waals surface area contributed by atoms with E-state index in [1.54, 1.807) is 0 Å². The summed E-state index contributed by atoms with van der Waals surface area (Å²) >= 11 is 3.58. The second kappa shape index (κ2) is 7.75. The molecule has 1 saturated carbocycles. The van der Waals surface area contributed by atoms with E-state index in [-0.39, 0.29) is 5.56 Å². The molecule has 1 saturated heterocycles. The molecule has 6 rings (SSSR count). The van der Waals surface area contributed by atoms with Crippen LogP contribution < -0.4 is 15.8 Å². The highest BCUT2D eigenvalue weighted by Crippen LogP contribution is 2.42. The third kappa shape index (κ3) is 3.23. The molecule has 5 nitrogen and oxygen atoms in total. The zero-order valence-corrected chi connectivity index (χ0v) is 19.2. The van der Waals surface area contributed by atoms with Gasteiger partial charge in [-0.1, -0.05) is 31.0 Å². The maximum absolute atomic E-state index is 13.0. The highest BCUT2D eigenvalue weighted by Gasteiger charge is 2.33. The van der Waals surface area contributed by atoms with Crippen LogP contribution in [0.25, 0.3) is 10.9 Å². The molecule has 0 radical (unpaired) electrons. The molecule has 1 aliphatic carbocycles. The number of rotatable bonds is 2. The second-order valence-electron chi connectivity index (χ2n) is 9.16. The molecule has 0 bridgehead atoms. The van der Waals surface area contributed by atoms with Crippen molar-refractivity contribution in [1.82, 2.24) is 14.9 Å². The fourth-order valence-corrected chi connectivity index (χ4v) is 6.31. The molecule has 0 unspecified atom stereocenters. The molecule has 1 N–H and O–H groups in total. The molecule has 3 aromatic rings. The Hall–Kier alpha value is -2.18. The quantitative estimate of drug-likeness (QED) is 0.558. The summed E-state index contributed by atoms with van der Waals surface area (Å²) in [6.45, 7) is 2.96. The topological polar surface area (TPSA) is 50.2 Å². The Kier molecular flexibility index (Phi) is 4.87. The maximum Gasteiger partial charge on any atom is 0.283 e. The minimum absolute atomic E-state index is 0.147. The predicted octanol–water partition coefficient (Wildman–Crippen LogP) is 5.07. The molecule has 2 aliphatic heterocycles. The van der Waals surface area contributed by atoms with Crippen molar-refractivity contribution in [3.63, 3.8) is 0 Å². The predicted molar refractivity (Wildman–Crippen MR) is 128 cm³/mol. The third-order valence-corrected chi connectivity index (χ3v) is 8.01. The number of aromatic nitrogens is 2. The number of piperidine rings is 1. The smallest absolute Gasteiger partial charge is 0.283 e. The first-order chi connectivity index (χ1) is 15.2. The number of halogens is 1. The van der Waals surface area contributed by atoms with Crippen LogP contribution in [0.2, 0.25) is 0 Å². The van der Waals surface area contributed by atoms with Gasteiger partial charge in [-0.25, -0.2) is 0 Å². The second-order valence-corrected chi connectivity index (χ2v) is 10.0. The summed E-state index contributed by atoms with van der Waals surface area (Å²) in [5, 5.41) is 4.16. The largest absolute Gasteiger partial charge is 0.317 e. The van der Waals surface area contributed by atoms with Gasteiger partial charge in [0.2, 0.25) is 5.95 Å². The normalized spacial score (nSPS) is 19.6. The first-order valence-electron chi connectivity index (χ1n) is 11.5. The van der Waals surface area contributed by atoms with E-state index in [4.69, 9.17) is 0 Å². The van der Waals surface area contributed by atoms with Crippen LogP contribution >= 0.6 is 15.9 Å². The Labute approximate surface area is 190 Å². The molecule has 2 fully saturated rings. The van der Waals surface area contributed by atoms with Crippen LogP contribution in [0.5, 0.6) is 0 Å². The van der Waals surface area contributed by atoms with Gasteiger partial charge in [0.25, 0.3) is 5.56 Å². The van der Waals surface area contributed by atoms with E-state index in [0.717, 1.165) is 48.4 Å². The summed E-state index contributed by atoms with van der Waals surface area (Å²) in [6.07, 6.45) is 7.20. The van der Waals surface area contributed by atoms with Crippen molar-refractivity contribution in [3.05, 3.63) is 62.4 Å². The Morgan fingerprint density at radius 3 is 2.65 bits per heavy atom. The van der Waals surface area contributed by atoms with Crippen molar-refractivity contribution in [2.24, 2.45) is 0 Å². The number of fused-ring (bicyclic) bond motifs is 4. The molecule has 6 heteroatoms. The monoisotopic (exact) mass is 478 g/mol. The molecule has 160 valence electrons. The summed E-state index contributed by atoms with van der Waals surface area (Å²) in [5.74, 6) is 1.44. The lowest BCUT2D eigenvalue weighted by Gasteiger charge is -2.38. The fraction of sp³-hybridized carbons (Fsp3) is 0.440. The van der Waals surface area contributed by atoms with Gasteiger partial charge >= 0.3 is 0 Å². The lowest BCUT2D eigenvalue weighted by Crippen LogP contribution is -2.37. The van der Waals surface area contributed by atoms with Gasteiger partial charge in [0, 0.05) is 16.2 Å². The average Bonchev–Trinajstić information content (AvgIpc) is 3.32. The van der Waals surface area contributed by atoms with E-state index in [1.165, 1.54) is 42.5 Å². The molecule has 3 heterocycles. The summed E-state index contributed by atoms with van der Waals surface area (Å²) in [5.41, 5.74) is 4.86. The van der Waals surface area contributed by atoms with Crippen molar-refractivity contribution in [2.75, 3.05) is 18.0 Å². The Morgan fingerprint density at radius 2 is 1.84 bits per heavy atom. The van der Waals surface area contributed by atoms with Crippen molar-refractivity contribution in [2.45, 2.75) is 57.0 Å². The molecule has 3 aliphatic rings. The van der Waals surface area contributed by atoms with Gasteiger partial charge in [-0.05, 0) is 89.9 Å². The lowest BCUT2D eigenvalue weighted by molar-refractivity contribution is 0.460. The summed E-state index contributed by atoms with van der Waals surface area (Å²) in [7, 11) is 0. The number of hydrogen-bond donors (Lipinski definition) is 1. The van der Waals surface area contributed by atoms with Gasteiger partial charge < -0.3 is 14.8 Å². The molecule has 31 heavy (non-hydrogen) atoms. The van der Waals surface area contributed by atoms with Gasteiger partial charge in [-0.3, -0.25) is 4.79 Å². The molecule has 0 spiro atoms. The van der Waals surface area contributed by atoms with Crippen LogP contribution in [-0.2, 0) is 6.54 Å². The minimum Gasteiger partial charge on any atom is -0.317 e. The Bertz CT molecular complexity index is 1210. The van der Waals surface area contributed by atoms with Gasteiger partial charge in [-0.2, -0.15) is 4.98 Å². The van der Waals surface area contributed by atoms with Crippen molar-refractivity contribution in [3.8, 4) is 0 Å². The van der Waals surface area contributed by atoms with Crippen LogP contribution in [-0.4, -0.2) is 28.7 Å². The van der Waals surface area contributed by atoms with E-state index in [9.17, 15) is 4.79 Å². The van der Waals surface area contributed by atoms with Crippen molar-refractivity contribution < 1.29 is 0 Å². The fourth-order valence-electron chi connectivity index (χ4n) is 5.78. The zero-order chi connectivity index (χ0) is 20.9. The summed E-state index contributed by atoms with van der Waals surface area (Å²) in [4.78, 5) is 20.0. The maximum atomic E-state index is 13.0. The van der Waals surface area contributed by atoms with E-state index in [2.05, 4.69) is 60.0 Å². The average molecular weight is 479 g/mol. The molecule has 1 aromatic heterocycles. The number of benzene rings is 2. The van der Waals surface area contributed by atoms with E-state index < -0.39 is 0 Å². The van der Waals surface area contributed by atoms with Crippen molar-refractivity contribution >= 4 is 38.5 Å². The molecule has 2 aromatic carbocycles. The zero-order valence-electron chi connectivity index (χ0n) is 17.6. The lowest BCUT2D eigenvalue weighted by atomic mass is 9.88. The van der Waals surface area contributed by atoms with E-state index >= 15 is 0 Å². The van der Waals surface area contributed by atoms with Crippen LogP contribution in [0.3, 0.4) is 0 Å². The molecule has 0 amide bonds. The molecular formula is C25H27BrN4O. The van der Waals surface area contributed by atoms with Crippen LogP contribution in [0.1, 0.15) is 55.6 Å². The van der Waals surface area contributed by atoms with Crippen LogP contribution in [0.4, 0.5) is 11.6 Å². The molecular weight excluding hydrogens is 452 g/mol. The van der Waals surface area contributed by atoms with Crippen LogP contribution in [0.15, 0.2) is 45.7 Å². The number of nitrogens with one attached hydrogen (secondary N) is 1. The summed E-state index contributed by atoms with van der Waals surface area (Å²) in [6, 6.07) is 13.5. The first-order valence-corrected chi connectivity index (χ1v) is 12.3. The number of nitrogens with zero attached hydrogens (tertiary/aromatic N) is 3. The SMILES string of the molecule is O=c1nc2n(c3cccc(Br)c13)Cc1cc(C3CCNCC3)ccc1N2C1CCCC1. The number of hydrogen-bond acceptors (Lipinski definition) is 4. The Morgan fingerprint density at radius 1 is 1.03 bits per heavy atom. The third-order valence-electron chi connectivity index (χ3n) is 7.35. The minimum atomic E-state index is -0.147. The standard InChI is InChI=1S/C25H27BrN4O/c26-20-6-3-7-22-23(20)24(31)28-25-29(22)15-18-14-17(16-10-12-27-13-11-16)8-9-21(18)30(25)19-4-1-2-5-19/h3,6-9,14,16,19,27H,1-2,4-5,10-13,15H2. The Balaban J connectivity index is 1.54. The first kappa shape index (κ1) is 19.5. The van der Waals surface area contributed by atoms with Gasteiger partial charge in [-0.15, -0.1) is 0 Å². The van der Waals surface area contributed by atoms with E-state index in [0.29, 0.717) is 17.3 Å². The summed E-state index contributed by atoms with van der Waals surface area (Å²) < 4.78 is 3.08. The van der Waals surface area contributed by atoms with Crippen molar-refractivity contribution in [1.29, 1.82) is 0 Å². The highest BCUT2D eigenvalue weighted by atomic mass is 79.9. The van der Waals surface area contributed by atoms with Crippen LogP contribution in [0, 0.1) is 0 Å². The van der Waals surface area contributed by atoms with E-state index in [1.807, 2.05) is 12.1 Å². The van der Waals surface area contributed by atoms with Gasteiger partial charge in [0.05, 0.1) is 17.4 Å². The van der Waals surface area contributed by atoms with Gasteiger partial charge in [0.15, 0.2) is 0 Å². The molecule has 0 atom stereocenters. The highest BCUT2D eigenvalue weighted by molar-refractivity contribution is 9.10. The number of anilines is 2.